The number of carbonyl (C=O) groups is 1. The molecule has 0 spiro atoms. The van der Waals surface area contributed by atoms with E-state index >= 15 is 0 Å². The minimum Gasteiger partial charge on any atom is -0.505 e. The lowest BCUT2D eigenvalue weighted by atomic mass is 10.0. The van der Waals surface area contributed by atoms with E-state index in [0.717, 1.165) is 37.6 Å². The molecule has 128 valence electrons. The summed E-state index contributed by atoms with van der Waals surface area (Å²) in [6.45, 7) is 9.94. The molecule has 0 radical (unpaired) electrons. The van der Waals surface area contributed by atoms with Crippen molar-refractivity contribution in [3.05, 3.63) is 47.7 Å². The van der Waals surface area contributed by atoms with Crippen LogP contribution >= 0.6 is 0 Å². The first kappa shape index (κ1) is 17.9. The summed E-state index contributed by atoms with van der Waals surface area (Å²) in [5.74, 6) is -0.233. The Hall–Kier alpha value is -2.40. The van der Waals surface area contributed by atoms with Crippen molar-refractivity contribution in [2.45, 2.75) is 20.8 Å². The summed E-state index contributed by atoms with van der Waals surface area (Å²) >= 11 is 0. The third kappa shape index (κ3) is 4.55. The van der Waals surface area contributed by atoms with Gasteiger partial charge in [-0.05, 0) is 56.4 Å². The van der Waals surface area contributed by atoms with E-state index in [1.807, 2.05) is 24.3 Å². The summed E-state index contributed by atoms with van der Waals surface area (Å²) in [5, 5.41) is 13.4. The summed E-state index contributed by atoms with van der Waals surface area (Å²) in [6, 6.07) is 7.71. The summed E-state index contributed by atoms with van der Waals surface area (Å²) in [4.78, 5) is 18.2. The van der Waals surface area contributed by atoms with E-state index < -0.39 is 0 Å². The highest BCUT2D eigenvalue weighted by Crippen LogP contribution is 2.20. The second-order valence-electron chi connectivity index (χ2n) is 5.67. The number of nitrogens with zero attached hydrogens (tertiary/aromatic N) is 2. The SMILES string of the molecule is CCN(CC)CCNc1ccc(/N=C2\C=CC(=O)C(C)=C2O)cc1. The Labute approximate surface area is 143 Å². The van der Waals surface area contributed by atoms with E-state index in [-0.39, 0.29) is 11.5 Å². The fourth-order valence-corrected chi connectivity index (χ4v) is 2.45. The number of aliphatic hydroxyl groups is 1. The van der Waals surface area contributed by atoms with Gasteiger partial charge >= 0.3 is 0 Å². The van der Waals surface area contributed by atoms with E-state index in [4.69, 9.17) is 0 Å². The number of hydrogen-bond acceptors (Lipinski definition) is 5. The van der Waals surface area contributed by atoms with E-state index in [0.29, 0.717) is 11.3 Å². The fraction of sp³-hybridized carbons (Fsp3) is 0.368. The Kier molecular flexibility index (Phi) is 6.32. The van der Waals surface area contributed by atoms with Crippen LogP contribution < -0.4 is 5.32 Å². The van der Waals surface area contributed by atoms with Gasteiger partial charge in [-0.15, -0.1) is 0 Å². The first-order chi connectivity index (χ1) is 11.5. The third-order valence-electron chi connectivity index (χ3n) is 4.13. The number of anilines is 1. The Morgan fingerprint density at radius 3 is 2.42 bits per heavy atom. The Balaban J connectivity index is 1.99. The van der Waals surface area contributed by atoms with Gasteiger partial charge in [-0.2, -0.15) is 0 Å². The fourth-order valence-electron chi connectivity index (χ4n) is 2.45. The zero-order chi connectivity index (χ0) is 17.5. The number of carbonyl (C=O) groups excluding carboxylic acids is 1. The second-order valence-corrected chi connectivity index (χ2v) is 5.67. The molecule has 0 bridgehead atoms. The van der Waals surface area contributed by atoms with Gasteiger partial charge < -0.3 is 15.3 Å². The molecule has 0 aromatic heterocycles. The number of allylic oxidation sites excluding steroid dienone is 3. The number of ketones is 1. The quantitative estimate of drug-likeness (QED) is 0.753. The molecule has 0 aliphatic heterocycles. The molecule has 5 nitrogen and oxygen atoms in total. The maximum absolute atomic E-state index is 11.5. The average Bonchev–Trinajstić information content (AvgIpc) is 2.60. The predicted octanol–water partition coefficient (Wildman–Crippen LogP) is 3.48. The van der Waals surface area contributed by atoms with Gasteiger partial charge in [0, 0.05) is 24.4 Å². The summed E-state index contributed by atoms with van der Waals surface area (Å²) in [5.41, 5.74) is 2.51. The van der Waals surface area contributed by atoms with Crippen LogP contribution in [0, 0.1) is 0 Å². The van der Waals surface area contributed by atoms with Crippen LogP contribution in [-0.2, 0) is 4.79 Å². The van der Waals surface area contributed by atoms with Crippen LogP contribution in [0.5, 0.6) is 0 Å². The van der Waals surface area contributed by atoms with Gasteiger partial charge in [0.1, 0.15) is 11.5 Å². The largest absolute Gasteiger partial charge is 0.505 e. The molecule has 5 heteroatoms. The number of benzene rings is 1. The maximum atomic E-state index is 11.5. The number of likely N-dealkylation sites (N-methyl/N-ethyl adjacent to an activating group) is 1. The molecule has 0 unspecified atom stereocenters. The van der Waals surface area contributed by atoms with Crippen LogP contribution in [-0.4, -0.2) is 47.7 Å². The second kappa shape index (κ2) is 8.45. The van der Waals surface area contributed by atoms with Crippen LogP contribution in [0.1, 0.15) is 20.8 Å². The standard InChI is InChI=1S/C19H25N3O2/c1-4-22(5-2)13-12-20-15-6-8-16(9-7-15)21-17-10-11-18(23)14(3)19(17)24/h6-11,20,24H,4-5,12-13H2,1-3H3/b21-17+. The number of rotatable bonds is 7. The molecule has 1 aliphatic carbocycles. The van der Waals surface area contributed by atoms with E-state index in [9.17, 15) is 9.90 Å². The minimum absolute atomic E-state index is 0.0519. The molecular formula is C19H25N3O2. The molecular weight excluding hydrogens is 302 g/mol. The Morgan fingerprint density at radius 1 is 1.12 bits per heavy atom. The van der Waals surface area contributed by atoms with Crippen molar-refractivity contribution >= 4 is 22.9 Å². The lowest BCUT2D eigenvalue weighted by molar-refractivity contribution is -0.111. The molecule has 2 N–H and O–H groups in total. The molecule has 0 saturated heterocycles. The highest BCUT2D eigenvalue weighted by molar-refractivity contribution is 6.21. The van der Waals surface area contributed by atoms with Gasteiger partial charge in [0.25, 0.3) is 0 Å². The van der Waals surface area contributed by atoms with Crippen LogP contribution in [0.25, 0.3) is 0 Å². The number of aliphatic hydroxyl groups excluding tert-OH is 1. The number of aliphatic imine (C=N–C) groups is 1. The average molecular weight is 327 g/mol. The van der Waals surface area contributed by atoms with Crippen molar-refractivity contribution in [1.82, 2.24) is 4.90 Å². The number of nitrogens with one attached hydrogen (secondary N) is 1. The molecule has 24 heavy (non-hydrogen) atoms. The lowest BCUT2D eigenvalue weighted by Crippen LogP contribution is -2.28. The highest BCUT2D eigenvalue weighted by atomic mass is 16.3. The monoisotopic (exact) mass is 327 g/mol. The minimum atomic E-state index is -0.181. The first-order valence-corrected chi connectivity index (χ1v) is 8.32. The van der Waals surface area contributed by atoms with Crippen molar-refractivity contribution in [2.24, 2.45) is 4.99 Å². The zero-order valence-electron chi connectivity index (χ0n) is 14.5. The molecule has 0 saturated carbocycles. The van der Waals surface area contributed by atoms with Gasteiger partial charge in [0.05, 0.1) is 5.69 Å². The molecule has 1 aromatic carbocycles. The normalized spacial score (nSPS) is 16.3. The Morgan fingerprint density at radius 2 is 1.79 bits per heavy atom. The maximum Gasteiger partial charge on any atom is 0.185 e. The van der Waals surface area contributed by atoms with E-state index in [2.05, 4.69) is 29.1 Å². The van der Waals surface area contributed by atoms with Crippen LogP contribution in [0.2, 0.25) is 0 Å². The molecule has 1 aromatic rings. The molecule has 1 aliphatic rings. The summed E-state index contributed by atoms with van der Waals surface area (Å²) in [6.07, 6.45) is 2.97. The molecule has 2 rings (SSSR count). The van der Waals surface area contributed by atoms with Crippen molar-refractivity contribution in [3.63, 3.8) is 0 Å². The van der Waals surface area contributed by atoms with E-state index in [1.165, 1.54) is 6.08 Å². The molecule has 0 fully saturated rings. The van der Waals surface area contributed by atoms with Gasteiger partial charge in [0.15, 0.2) is 5.78 Å². The molecule has 0 heterocycles. The van der Waals surface area contributed by atoms with Crippen molar-refractivity contribution < 1.29 is 9.90 Å². The van der Waals surface area contributed by atoms with Crippen LogP contribution in [0.4, 0.5) is 11.4 Å². The van der Waals surface area contributed by atoms with Gasteiger partial charge in [-0.1, -0.05) is 13.8 Å². The first-order valence-electron chi connectivity index (χ1n) is 8.32. The van der Waals surface area contributed by atoms with Gasteiger partial charge in [0.2, 0.25) is 0 Å². The van der Waals surface area contributed by atoms with Gasteiger partial charge in [-0.3, -0.25) is 4.79 Å². The van der Waals surface area contributed by atoms with Crippen molar-refractivity contribution in [2.75, 3.05) is 31.5 Å². The van der Waals surface area contributed by atoms with Gasteiger partial charge in [-0.25, -0.2) is 4.99 Å². The van der Waals surface area contributed by atoms with E-state index in [1.54, 1.807) is 13.0 Å². The topological polar surface area (TPSA) is 64.9 Å². The number of hydrogen-bond donors (Lipinski definition) is 2. The third-order valence-corrected chi connectivity index (χ3v) is 4.13. The van der Waals surface area contributed by atoms with Crippen molar-refractivity contribution in [1.29, 1.82) is 0 Å². The summed E-state index contributed by atoms with van der Waals surface area (Å²) in [7, 11) is 0. The lowest BCUT2D eigenvalue weighted by Gasteiger charge is -2.18. The highest BCUT2D eigenvalue weighted by Gasteiger charge is 2.16. The van der Waals surface area contributed by atoms with Crippen LogP contribution in [0.15, 0.2) is 52.7 Å². The van der Waals surface area contributed by atoms with Crippen LogP contribution in [0.3, 0.4) is 0 Å². The summed E-state index contributed by atoms with van der Waals surface area (Å²) < 4.78 is 0. The predicted molar refractivity (Wildman–Crippen MR) is 99.3 cm³/mol. The zero-order valence-corrected chi connectivity index (χ0v) is 14.5. The molecule has 0 atom stereocenters. The van der Waals surface area contributed by atoms with Crippen molar-refractivity contribution in [3.8, 4) is 0 Å². The smallest absolute Gasteiger partial charge is 0.185 e. The molecule has 0 amide bonds. The Bertz CT molecular complexity index is 668.